The number of nitrogens with zero attached hydrogens (tertiary/aromatic N) is 1. The first-order chi connectivity index (χ1) is 14.0. The zero-order valence-electron chi connectivity index (χ0n) is 15.9. The van der Waals surface area contributed by atoms with Gasteiger partial charge in [0.25, 0.3) is 0 Å². The van der Waals surface area contributed by atoms with Crippen molar-refractivity contribution in [3.05, 3.63) is 89.2 Å². The van der Waals surface area contributed by atoms with Crippen molar-refractivity contribution >= 4 is 5.97 Å². The molecule has 0 saturated heterocycles. The predicted molar refractivity (Wildman–Crippen MR) is 109 cm³/mol. The van der Waals surface area contributed by atoms with Crippen LogP contribution >= 0.6 is 0 Å². The Morgan fingerprint density at radius 1 is 0.897 bits per heavy atom. The Kier molecular flexibility index (Phi) is 4.72. The minimum Gasteiger partial charge on any atom is -0.478 e. The molecule has 0 amide bonds. The third-order valence-electron chi connectivity index (χ3n) is 5.14. The predicted octanol–water partition coefficient (Wildman–Crippen LogP) is 6.13. The highest BCUT2D eigenvalue weighted by atomic mass is 19.1. The molecule has 0 spiro atoms. The van der Waals surface area contributed by atoms with Crippen molar-refractivity contribution in [1.29, 1.82) is 0 Å². The summed E-state index contributed by atoms with van der Waals surface area (Å²) in [6, 6.07) is 19.5. The van der Waals surface area contributed by atoms with Crippen molar-refractivity contribution < 1.29 is 18.8 Å². The monoisotopic (exact) mass is 387 g/mol. The first kappa shape index (κ1) is 18.6. The van der Waals surface area contributed by atoms with Gasteiger partial charge in [-0.3, -0.25) is 0 Å². The molecule has 3 aromatic carbocycles. The summed E-state index contributed by atoms with van der Waals surface area (Å²) in [5, 5.41) is 13.0. The van der Waals surface area contributed by atoms with E-state index in [9.17, 15) is 9.18 Å². The third kappa shape index (κ3) is 3.43. The van der Waals surface area contributed by atoms with Gasteiger partial charge >= 0.3 is 5.97 Å². The Balaban J connectivity index is 1.72. The number of benzene rings is 3. The zero-order valence-corrected chi connectivity index (χ0v) is 15.9. The molecule has 4 rings (SSSR count). The van der Waals surface area contributed by atoms with E-state index in [2.05, 4.69) is 24.2 Å². The van der Waals surface area contributed by atoms with Crippen LogP contribution in [0.3, 0.4) is 0 Å². The van der Waals surface area contributed by atoms with Gasteiger partial charge in [0.1, 0.15) is 11.5 Å². The smallest absolute Gasteiger partial charge is 0.335 e. The number of carboxylic acid groups (broad SMARTS) is 1. The normalized spacial score (nSPS) is 10.9. The molecule has 4 aromatic rings. The summed E-state index contributed by atoms with van der Waals surface area (Å²) in [5.74, 6) is -1.31. The molecule has 0 atom stereocenters. The van der Waals surface area contributed by atoms with E-state index in [4.69, 9.17) is 9.63 Å². The molecular formula is C24H18FNO3. The SMILES string of the molecule is Cc1c(-c2ccccc2)ccc(-c2cc(-c3ccc(C(=O)O)cc3F)no2)c1C. The van der Waals surface area contributed by atoms with Crippen LogP contribution < -0.4 is 0 Å². The molecule has 0 saturated carbocycles. The van der Waals surface area contributed by atoms with E-state index in [1.807, 2.05) is 37.3 Å². The van der Waals surface area contributed by atoms with Gasteiger partial charge in [0.15, 0.2) is 5.76 Å². The number of hydrogen-bond donors (Lipinski definition) is 1. The van der Waals surface area contributed by atoms with Gasteiger partial charge in [0.2, 0.25) is 0 Å². The van der Waals surface area contributed by atoms with Gasteiger partial charge in [-0.25, -0.2) is 9.18 Å². The van der Waals surface area contributed by atoms with Crippen LogP contribution in [-0.4, -0.2) is 16.2 Å². The first-order valence-electron chi connectivity index (χ1n) is 9.11. The maximum Gasteiger partial charge on any atom is 0.335 e. The molecule has 0 aliphatic heterocycles. The van der Waals surface area contributed by atoms with Gasteiger partial charge in [-0.2, -0.15) is 0 Å². The van der Waals surface area contributed by atoms with Gasteiger partial charge in [-0.05, 0) is 54.3 Å². The van der Waals surface area contributed by atoms with Crippen LogP contribution in [0.4, 0.5) is 4.39 Å². The number of carboxylic acids is 1. The molecule has 5 heteroatoms. The fourth-order valence-electron chi connectivity index (χ4n) is 3.40. The zero-order chi connectivity index (χ0) is 20.5. The molecule has 29 heavy (non-hydrogen) atoms. The Labute approximate surface area is 167 Å². The van der Waals surface area contributed by atoms with E-state index in [0.717, 1.165) is 33.9 Å². The molecule has 1 heterocycles. The number of hydrogen-bond acceptors (Lipinski definition) is 3. The summed E-state index contributed by atoms with van der Waals surface area (Å²) < 4.78 is 19.8. The summed E-state index contributed by atoms with van der Waals surface area (Å²) in [6.45, 7) is 4.07. The van der Waals surface area contributed by atoms with Crippen LogP contribution in [0.25, 0.3) is 33.7 Å². The van der Waals surface area contributed by atoms with Crippen LogP contribution in [0.2, 0.25) is 0 Å². The van der Waals surface area contributed by atoms with E-state index in [1.165, 1.54) is 12.1 Å². The third-order valence-corrected chi connectivity index (χ3v) is 5.14. The first-order valence-corrected chi connectivity index (χ1v) is 9.11. The quantitative estimate of drug-likeness (QED) is 0.457. The molecule has 0 aliphatic carbocycles. The number of aromatic nitrogens is 1. The van der Waals surface area contributed by atoms with E-state index in [-0.39, 0.29) is 11.1 Å². The summed E-state index contributed by atoms with van der Waals surface area (Å²) in [6.07, 6.45) is 0. The Hall–Kier alpha value is -3.73. The second kappa shape index (κ2) is 7.36. The van der Waals surface area contributed by atoms with Crippen molar-refractivity contribution in [3.63, 3.8) is 0 Å². The summed E-state index contributed by atoms with van der Waals surface area (Å²) >= 11 is 0. The minimum absolute atomic E-state index is 0.113. The van der Waals surface area contributed by atoms with E-state index in [0.29, 0.717) is 11.5 Å². The highest BCUT2D eigenvalue weighted by Crippen LogP contribution is 2.34. The second-order valence-electron chi connectivity index (χ2n) is 6.85. The summed E-state index contributed by atoms with van der Waals surface area (Å²) in [5.41, 5.74) is 5.74. The Bertz CT molecular complexity index is 1210. The fraction of sp³-hybridized carbons (Fsp3) is 0.0833. The molecule has 0 radical (unpaired) electrons. The fourth-order valence-corrected chi connectivity index (χ4v) is 3.40. The maximum absolute atomic E-state index is 14.3. The lowest BCUT2D eigenvalue weighted by atomic mass is 9.92. The molecule has 0 fully saturated rings. The van der Waals surface area contributed by atoms with Crippen LogP contribution in [0.1, 0.15) is 21.5 Å². The topological polar surface area (TPSA) is 63.3 Å². The lowest BCUT2D eigenvalue weighted by Crippen LogP contribution is -1.97. The molecule has 0 unspecified atom stereocenters. The lowest BCUT2D eigenvalue weighted by molar-refractivity contribution is 0.0696. The largest absolute Gasteiger partial charge is 0.478 e. The highest BCUT2D eigenvalue weighted by molar-refractivity contribution is 5.88. The van der Waals surface area contributed by atoms with Gasteiger partial charge in [-0.1, -0.05) is 47.6 Å². The van der Waals surface area contributed by atoms with Crippen molar-refractivity contribution in [1.82, 2.24) is 5.16 Å². The van der Waals surface area contributed by atoms with Crippen LogP contribution in [0.15, 0.2) is 71.3 Å². The number of aromatic carboxylic acids is 1. The second-order valence-corrected chi connectivity index (χ2v) is 6.85. The van der Waals surface area contributed by atoms with E-state index >= 15 is 0 Å². The van der Waals surface area contributed by atoms with Crippen molar-refractivity contribution in [2.75, 3.05) is 0 Å². The highest BCUT2D eigenvalue weighted by Gasteiger charge is 2.17. The molecule has 1 N–H and O–H groups in total. The summed E-state index contributed by atoms with van der Waals surface area (Å²) in [7, 11) is 0. The molecule has 0 aliphatic rings. The van der Waals surface area contributed by atoms with Crippen LogP contribution in [0.5, 0.6) is 0 Å². The molecule has 4 nitrogen and oxygen atoms in total. The standard InChI is InChI=1S/C24H18FNO3/c1-14-15(2)19(11-10-18(14)16-6-4-3-5-7-16)23-13-22(26-29-23)20-9-8-17(24(27)28)12-21(20)25/h3-13H,1-2H3,(H,27,28). The molecular weight excluding hydrogens is 369 g/mol. The Morgan fingerprint density at radius 2 is 1.55 bits per heavy atom. The number of rotatable bonds is 4. The van der Waals surface area contributed by atoms with Gasteiger partial charge in [-0.15, -0.1) is 0 Å². The van der Waals surface area contributed by atoms with Crippen LogP contribution in [-0.2, 0) is 0 Å². The summed E-state index contributed by atoms with van der Waals surface area (Å²) in [4.78, 5) is 11.0. The van der Waals surface area contributed by atoms with E-state index < -0.39 is 11.8 Å². The minimum atomic E-state index is -1.18. The van der Waals surface area contributed by atoms with Gasteiger partial charge < -0.3 is 9.63 Å². The lowest BCUT2D eigenvalue weighted by Gasteiger charge is -2.12. The average Bonchev–Trinajstić information content (AvgIpc) is 3.20. The number of halogens is 1. The van der Waals surface area contributed by atoms with Gasteiger partial charge in [0.05, 0.1) is 5.56 Å². The van der Waals surface area contributed by atoms with Gasteiger partial charge in [0, 0.05) is 17.2 Å². The average molecular weight is 387 g/mol. The van der Waals surface area contributed by atoms with E-state index in [1.54, 1.807) is 6.07 Å². The van der Waals surface area contributed by atoms with Crippen LogP contribution in [0, 0.1) is 19.7 Å². The van der Waals surface area contributed by atoms with Crippen molar-refractivity contribution in [3.8, 4) is 33.7 Å². The Morgan fingerprint density at radius 3 is 2.24 bits per heavy atom. The van der Waals surface area contributed by atoms with Crippen molar-refractivity contribution in [2.24, 2.45) is 0 Å². The number of carbonyl (C=O) groups is 1. The molecule has 1 aromatic heterocycles. The molecule has 144 valence electrons. The molecule has 0 bridgehead atoms. The van der Waals surface area contributed by atoms with Crippen molar-refractivity contribution in [2.45, 2.75) is 13.8 Å². The maximum atomic E-state index is 14.3.